The van der Waals surface area contributed by atoms with Crippen LogP contribution < -0.4 is 0 Å². The number of benzene rings is 1. The molecule has 1 aromatic carbocycles. The molecule has 0 aliphatic carbocycles. The summed E-state index contributed by atoms with van der Waals surface area (Å²) in [7, 11) is 1.23. The lowest BCUT2D eigenvalue weighted by molar-refractivity contribution is -0.150. The molecule has 0 saturated heterocycles. The summed E-state index contributed by atoms with van der Waals surface area (Å²) >= 11 is 7.23. The first-order valence-electron chi connectivity index (χ1n) is 4.19. The first-order chi connectivity index (χ1) is 7.10. The first kappa shape index (κ1) is 12.4. The molecule has 0 bridgehead atoms. The van der Waals surface area contributed by atoms with E-state index in [0.29, 0.717) is 10.6 Å². The van der Waals surface area contributed by atoms with Crippen molar-refractivity contribution in [3.8, 4) is 0 Å². The highest BCUT2D eigenvalue weighted by Crippen LogP contribution is 2.29. The highest BCUT2D eigenvalue weighted by Gasteiger charge is 2.21. The van der Waals surface area contributed by atoms with Crippen LogP contribution in [0.3, 0.4) is 0 Å². The van der Waals surface area contributed by atoms with Crippen molar-refractivity contribution in [2.24, 2.45) is 0 Å². The van der Waals surface area contributed by atoms with Crippen molar-refractivity contribution in [1.29, 1.82) is 0 Å². The van der Waals surface area contributed by atoms with E-state index in [9.17, 15) is 9.90 Å². The van der Waals surface area contributed by atoms with Crippen LogP contribution in [0.15, 0.2) is 23.1 Å². The highest BCUT2D eigenvalue weighted by molar-refractivity contribution is 7.98. The second kappa shape index (κ2) is 5.39. The number of halogens is 1. The number of aliphatic hydroxyl groups is 1. The lowest BCUT2D eigenvalue weighted by Gasteiger charge is -2.12. The van der Waals surface area contributed by atoms with E-state index in [1.54, 1.807) is 18.2 Å². The third kappa shape index (κ3) is 2.87. The third-order valence-corrected chi connectivity index (χ3v) is 2.96. The Kier molecular flexibility index (Phi) is 4.45. The SMILES string of the molecule is COC(=O)C(O)c1cc(Cl)ccc1SC. The van der Waals surface area contributed by atoms with Gasteiger partial charge in [0.1, 0.15) is 0 Å². The van der Waals surface area contributed by atoms with Crippen molar-refractivity contribution in [2.75, 3.05) is 13.4 Å². The van der Waals surface area contributed by atoms with Crippen molar-refractivity contribution >= 4 is 29.3 Å². The van der Waals surface area contributed by atoms with Gasteiger partial charge in [0.15, 0.2) is 6.10 Å². The zero-order valence-electron chi connectivity index (χ0n) is 8.36. The third-order valence-electron chi connectivity index (χ3n) is 1.91. The molecule has 1 rings (SSSR count). The van der Waals surface area contributed by atoms with E-state index in [0.717, 1.165) is 4.90 Å². The Bertz CT molecular complexity index is 368. The molecule has 1 atom stereocenters. The number of thioether (sulfide) groups is 1. The number of carbonyl (C=O) groups excluding carboxylic acids is 1. The zero-order valence-corrected chi connectivity index (χ0v) is 9.93. The second-order valence-corrected chi connectivity index (χ2v) is 4.10. The van der Waals surface area contributed by atoms with Gasteiger partial charge in [-0.05, 0) is 24.5 Å². The van der Waals surface area contributed by atoms with E-state index in [-0.39, 0.29) is 0 Å². The average Bonchev–Trinajstić information content (AvgIpc) is 2.27. The summed E-state index contributed by atoms with van der Waals surface area (Å²) in [6.07, 6.45) is 0.577. The molecule has 1 unspecified atom stereocenters. The molecule has 0 heterocycles. The maximum absolute atomic E-state index is 11.2. The number of aliphatic hydroxyl groups excluding tert-OH is 1. The molecule has 0 spiro atoms. The van der Waals surface area contributed by atoms with Gasteiger partial charge in [-0.1, -0.05) is 11.6 Å². The standard InChI is InChI=1S/C10H11ClO3S/c1-14-10(13)9(12)7-5-6(11)3-4-8(7)15-2/h3-5,9,12H,1-2H3. The van der Waals surface area contributed by atoms with E-state index in [1.165, 1.54) is 18.9 Å². The molecule has 5 heteroatoms. The normalized spacial score (nSPS) is 12.3. The van der Waals surface area contributed by atoms with Gasteiger partial charge in [0.2, 0.25) is 0 Å². The van der Waals surface area contributed by atoms with Crippen LogP contribution in [0.5, 0.6) is 0 Å². The predicted molar refractivity (Wildman–Crippen MR) is 60.2 cm³/mol. The van der Waals surface area contributed by atoms with Crippen molar-refractivity contribution < 1.29 is 14.6 Å². The molecule has 82 valence electrons. The Morgan fingerprint density at radius 1 is 1.60 bits per heavy atom. The van der Waals surface area contributed by atoms with Crippen molar-refractivity contribution in [3.05, 3.63) is 28.8 Å². The molecule has 3 nitrogen and oxygen atoms in total. The minimum absolute atomic E-state index is 0.474. The summed E-state index contributed by atoms with van der Waals surface area (Å²) in [5.41, 5.74) is 0.474. The Morgan fingerprint density at radius 2 is 2.27 bits per heavy atom. The average molecular weight is 247 g/mol. The van der Waals surface area contributed by atoms with Gasteiger partial charge in [-0.2, -0.15) is 0 Å². The van der Waals surface area contributed by atoms with Crippen LogP contribution in [0, 0.1) is 0 Å². The van der Waals surface area contributed by atoms with E-state index in [2.05, 4.69) is 4.74 Å². The van der Waals surface area contributed by atoms with Gasteiger partial charge < -0.3 is 9.84 Å². The largest absolute Gasteiger partial charge is 0.467 e. The molecule has 0 fully saturated rings. The summed E-state index contributed by atoms with van der Waals surface area (Å²) in [4.78, 5) is 12.0. The molecule has 15 heavy (non-hydrogen) atoms. The molecule has 0 amide bonds. The summed E-state index contributed by atoms with van der Waals surface area (Å²) in [5.74, 6) is -0.687. The number of methoxy groups -OCH3 is 1. The molecule has 0 aliphatic heterocycles. The second-order valence-electron chi connectivity index (χ2n) is 2.81. The molecular weight excluding hydrogens is 236 g/mol. The maximum atomic E-state index is 11.2. The number of carbonyl (C=O) groups is 1. The van der Waals surface area contributed by atoms with Gasteiger partial charge in [-0.3, -0.25) is 0 Å². The van der Waals surface area contributed by atoms with Gasteiger partial charge in [-0.15, -0.1) is 11.8 Å². The van der Waals surface area contributed by atoms with Crippen LogP contribution >= 0.6 is 23.4 Å². The van der Waals surface area contributed by atoms with Crippen molar-refractivity contribution in [2.45, 2.75) is 11.0 Å². The zero-order chi connectivity index (χ0) is 11.4. The smallest absolute Gasteiger partial charge is 0.339 e. The number of hydrogen-bond donors (Lipinski definition) is 1. The highest BCUT2D eigenvalue weighted by atomic mass is 35.5. The number of rotatable bonds is 3. The molecule has 0 aliphatic rings. The molecule has 1 aromatic rings. The summed E-state index contributed by atoms with van der Waals surface area (Å²) in [5, 5.41) is 10.2. The van der Waals surface area contributed by atoms with E-state index < -0.39 is 12.1 Å². The van der Waals surface area contributed by atoms with Gasteiger partial charge >= 0.3 is 5.97 Å². The maximum Gasteiger partial charge on any atom is 0.339 e. The Hall–Kier alpha value is -0.710. The van der Waals surface area contributed by atoms with E-state index in [1.807, 2.05) is 6.26 Å². The Balaban J connectivity index is 3.10. The van der Waals surface area contributed by atoms with Gasteiger partial charge in [-0.25, -0.2) is 4.79 Å². The van der Waals surface area contributed by atoms with Crippen LogP contribution in [0.1, 0.15) is 11.7 Å². The molecular formula is C10H11ClO3S. The van der Waals surface area contributed by atoms with Crippen molar-refractivity contribution in [1.82, 2.24) is 0 Å². The Labute approximate surface area is 97.4 Å². The molecule has 0 aromatic heterocycles. The van der Waals surface area contributed by atoms with E-state index >= 15 is 0 Å². The number of ether oxygens (including phenoxy) is 1. The van der Waals surface area contributed by atoms with Gasteiger partial charge in [0.05, 0.1) is 7.11 Å². The fourth-order valence-corrected chi connectivity index (χ4v) is 1.95. The minimum Gasteiger partial charge on any atom is -0.467 e. The van der Waals surface area contributed by atoms with Crippen LogP contribution in [-0.2, 0) is 9.53 Å². The minimum atomic E-state index is -1.28. The molecule has 1 N–H and O–H groups in total. The fraction of sp³-hybridized carbons (Fsp3) is 0.300. The van der Waals surface area contributed by atoms with Crippen LogP contribution in [-0.4, -0.2) is 24.4 Å². The van der Waals surface area contributed by atoms with Crippen LogP contribution in [0.4, 0.5) is 0 Å². The number of hydrogen-bond acceptors (Lipinski definition) is 4. The number of esters is 1. The van der Waals surface area contributed by atoms with Gasteiger partial charge in [0, 0.05) is 15.5 Å². The lowest BCUT2D eigenvalue weighted by atomic mass is 10.1. The van der Waals surface area contributed by atoms with Crippen LogP contribution in [0.25, 0.3) is 0 Å². The molecule has 0 radical (unpaired) electrons. The van der Waals surface area contributed by atoms with E-state index in [4.69, 9.17) is 11.6 Å². The fourth-order valence-electron chi connectivity index (χ4n) is 1.16. The topological polar surface area (TPSA) is 46.5 Å². The van der Waals surface area contributed by atoms with Gasteiger partial charge in [0.25, 0.3) is 0 Å². The van der Waals surface area contributed by atoms with Crippen LogP contribution in [0.2, 0.25) is 5.02 Å². The summed E-state index contributed by atoms with van der Waals surface area (Å²) in [6, 6.07) is 5.03. The lowest BCUT2D eigenvalue weighted by Crippen LogP contribution is -2.14. The summed E-state index contributed by atoms with van der Waals surface area (Å²) < 4.78 is 4.46. The predicted octanol–water partition coefficient (Wildman–Crippen LogP) is 2.27. The monoisotopic (exact) mass is 246 g/mol. The summed E-state index contributed by atoms with van der Waals surface area (Å²) in [6.45, 7) is 0. The quantitative estimate of drug-likeness (QED) is 0.657. The Morgan fingerprint density at radius 3 is 2.80 bits per heavy atom. The molecule has 0 saturated carbocycles. The first-order valence-corrected chi connectivity index (χ1v) is 5.79. The van der Waals surface area contributed by atoms with Crippen molar-refractivity contribution in [3.63, 3.8) is 0 Å².